The average molecular weight is 425 g/mol. The molecule has 32 heavy (non-hydrogen) atoms. The maximum absolute atomic E-state index is 12.1. The summed E-state index contributed by atoms with van der Waals surface area (Å²) >= 11 is 0. The van der Waals surface area contributed by atoms with Gasteiger partial charge in [-0.25, -0.2) is 4.98 Å². The lowest BCUT2D eigenvalue weighted by molar-refractivity contribution is -0.121. The molecule has 0 bridgehead atoms. The first-order chi connectivity index (χ1) is 15.7. The van der Waals surface area contributed by atoms with Gasteiger partial charge in [0, 0.05) is 16.8 Å². The van der Waals surface area contributed by atoms with E-state index in [2.05, 4.69) is 5.32 Å². The van der Waals surface area contributed by atoms with Crippen molar-refractivity contribution in [2.75, 3.05) is 19.0 Å². The van der Waals surface area contributed by atoms with E-state index in [4.69, 9.17) is 14.5 Å². The van der Waals surface area contributed by atoms with E-state index in [1.54, 1.807) is 7.11 Å². The molecular weight excluding hydrogens is 400 g/mol. The number of nitrogens with one attached hydrogen (secondary N) is 1. The van der Waals surface area contributed by atoms with Gasteiger partial charge in [-0.3, -0.25) is 4.79 Å². The summed E-state index contributed by atoms with van der Waals surface area (Å²) in [5, 5.41) is 2.86. The third-order valence-corrected chi connectivity index (χ3v) is 4.94. The molecule has 5 nitrogen and oxygen atoms in total. The number of methoxy groups -OCH3 is 1. The molecule has 0 aliphatic heterocycles. The second-order valence-electron chi connectivity index (χ2n) is 7.24. The zero-order valence-corrected chi connectivity index (χ0v) is 17.8. The number of rotatable bonds is 8. The van der Waals surface area contributed by atoms with Crippen LogP contribution in [0, 0.1) is 0 Å². The van der Waals surface area contributed by atoms with E-state index < -0.39 is 0 Å². The minimum Gasteiger partial charge on any atom is -0.497 e. The van der Waals surface area contributed by atoms with Gasteiger partial charge in [-0.1, -0.05) is 48.5 Å². The van der Waals surface area contributed by atoms with Crippen molar-refractivity contribution in [2.45, 2.75) is 6.61 Å². The van der Waals surface area contributed by atoms with Gasteiger partial charge in [0.25, 0.3) is 0 Å². The molecule has 5 heteroatoms. The highest BCUT2D eigenvalue weighted by Gasteiger charge is 2.06. The van der Waals surface area contributed by atoms with Crippen molar-refractivity contribution in [1.29, 1.82) is 0 Å². The first-order valence-electron chi connectivity index (χ1n) is 10.3. The molecule has 0 aliphatic carbocycles. The Hall–Kier alpha value is -3.96. The predicted octanol–water partition coefficient (Wildman–Crippen LogP) is 5.58. The summed E-state index contributed by atoms with van der Waals surface area (Å²) in [5.41, 5.74) is 5.49. The van der Waals surface area contributed by atoms with Crippen LogP contribution >= 0.6 is 0 Å². The van der Waals surface area contributed by atoms with Crippen molar-refractivity contribution in [3.63, 3.8) is 0 Å². The molecule has 4 rings (SSSR count). The van der Waals surface area contributed by atoms with Crippen LogP contribution in [0.5, 0.6) is 5.75 Å². The number of benzene rings is 3. The van der Waals surface area contributed by atoms with E-state index in [0.717, 1.165) is 33.8 Å². The van der Waals surface area contributed by atoms with Gasteiger partial charge in [0.05, 0.1) is 25.1 Å². The maximum Gasteiger partial charge on any atom is 0.250 e. The number of carbonyl (C=O) groups excluding carboxylic acids is 1. The number of hydrogen-bond acceptors (Lipinski definition) is 4. The predicted molar refractivity (Wildman–Crippen MR) is 126 cm³/mol. The molecule has 0 fully saturated rings. The minimum absolute atomic E-state index is 0.00209. The normalized spacial score (nSPS) is 10.5. The summed E-state index contributed by atoms with van der Waals surface area (Å²) in [6, 6.07) is 31.2. The fourth-order valence-corrected chi connectivity index (χ4v) is 3.28. The van der Waals surface area contributed by atoms with Crippen LogP contribution in [-0.4, -0.2) is 24.6 Å². The van der Waals surface area contributed by atoms with Crippen molar-refractivity contribution in [1.82, 2.24) is 4.98 Å². The molecule has 0 atom stereocenters. The molecule has 1 aromatic heterocycles. The van der Waals surface area contributed by atoms with E-state index in [1.807, 2.05) is 97.1 Å². The highest BCUT2D eigenvalue weighted by atomic mass is 16.5. The van der Waals surface area contributed by atoms with E-state index in [1.165, 1.54) is 0 Å². The highest BCUT2D eigenvalue weighted by molar-refractivity contribution is 5.91. The molecule has 3 aromatic carbocycles. The number of aromatic nitrogens is 1. The van der Waals surface area contributed by atoms with Crippen LogP contribution in [0.15, 0.2) is 97.1 Å². The van der Waals surface area contributed by atoms with Crippen molar-refractivity contribution in [2.24, 2.45) is 0 Å². The van der Waals surface area contributed by atoms with Gasteiger partial charge in [-0.15, -0.1) is 0 Å². The van der Waals surface area contributed by atoms with E-state index in [-0.39, 0.29) is 12.5 Å². The Labute approximate surface area is 187 Å². The number of anilines is 1. The topological polar surface area (TPSA) is 60.5 Å². The number of amides is 1. The fourth-order valence-electron chi connectivity index (χ4n) is 3.28. The van der Waals surface area contributed by atoms with Gasteiger partial charge >= 0.3 is 0 Å². The fraction of sp³-hybridized carbons (Fsp3) is 0.111. The van der Waals surface area contributed by atoms with Gasteiger partial charge in [0.1, 0.15) is 12.4 Å². The Morgan fingerprint density at radius 2 is 1.41 bits per heavy atom. The largest absolute Gasteiger partial charge is 0.497 e. The molecule has 160 valence electrons. The Morgan fingerprint density at radius 1 is 0.781 bits per heavy atom. The van der Waals surface area contributed by atoms with E-state index in [0.29, 0.717) is 12.3 Å². The first kappa shape index (κ1) is 21.3. The third-order valence-electron chi connectivity index (χ3n) is 4.94. The summed E-state index contributed by atoms with van der Waals surface area (Å²) in [4.78, 5) is 16.9. The van der Waals surface area contributed by atoms with Crippen molar-refractivity contribution >= 4 is 11.6 Å². The van der Waals surface area contributed by atoms with Gasteiger partial charge in [-0.05, 0) is 54.1 Å². The van der Waals surface area contributed by atoms with E-state index in [9.17, 15) is 4.79 Å². The lowest BCUT2D eigenvalue weighted by Gasteiger charge is -2.09. The van der Waals surface area contributed by atoms with Crippen LogP contribution in [0.1, 0.15) is 5.56 Å². The molecule has 0 saturated carbocycles. The number of hydrogen-bond donors (Lipinski definition) is 1. The van der Waals surface area contributed by atoms with Gasteiger partial charge < -0.3 is 14.8 Å². The standard InChI is InChI=1S/C27H24N2O3/c1-31-24-16-12-22(13-17-24)26-9-5-8-25(29-26)21-10-14-23(15-11-21)28-27(30)19-32-18-20-6-3-2-4-7-20/h2-17H,18-19H2,1H3,(H,28,30). The highest BCUT2D eigenvalue weighted by Crippen LogP contribution is 2.25. The quantitative estimate of drug-likeness (QED) is 0.401. The van der Waals surface area contributed by atoms with Crippen LogP contribution in [-0.2, 0) is 16.1 Å². The molecule has 1 heterocycles. The smallest absolute Gasteiger partial charge is 0.250 e. The Morgan fingerprint density at radius 3 is 2.03 bits per heavy atom. The minimum atomic E-state index is -0.187. The van der Waals surface area contributed by atoms with Crippen molar-refractivity contribution < 1.29 is 14.3 Å². The molecular formula is C27H24N2O3. The lowest BCUT2D eigenvalue weighted by atomic mass is 10.1. The Bertz CT molecular complexity index is 1160. The zero-order chi connectivity index (χ0) is 22.2. The molecule has 0 unspecified atom stereocenters. The van der Waals surface area contributed by atoms with Gasteiger partial charge in [-0.2, -0.15) is 0 Å². The average Bonchev–Trinajstić information content (AvgIpc) is 2.85. The summed E-state index contributed by atoms with van der Waals surface area (Å²) in [7, 11) is 1.65. The van der Waals surface area contributed by atoms with Crippen molar-refractivity contribution in [3.8, 4) is 28.3 Å². The molecule has 1 amide bonds. The van der Waals surface area contributed by atoms with Crippen LogP contribution in [0.4, 0.5) is 5.69 Å². The molecule has 0 aliphatic rings. The van der Waals surface area contributed by atoms with Crippen LogP contribution in [0.3, 0.4) is 0 Å². The Balaban J connectivity index is 1.36. The summed E-state index contributed by atoms with van der Waals surface area (Å²) in [6.45, 7) is 0.408. The molecule has 1 N–H and O–H groups in total. The maximum atomic E-state index is 12.1. The Kier molecular flexibility index (Phi) is 6.90. The van der Waals surface area contributed by atoms with Gasteiger partial charge in [0.2, 0.25) is 5.91 Å². The number of nitrogens with zero attached hydrogens (tertiary/aromatic N) is 1. The van der Waals surface area contributed by atoms with Gasteiger partial charge in [0.15, 0.2) is 0 Å². The van der Waals surface area contributed by atoms with Crippen LogP contribution in [0.25, 0.3) is 22.5 Å². The zero-order valence-electron chi connectivity index (χ0n) is 17.8. The summed E-state index contributed by atoms with van der Waals surface area (Å²) < 4.78 is 10.7. The number of pyridine rings is 1. The molecule has 0 spiro atoms. The third kappa shape index (κ3) is 5.59. The lowest BCUT2D eigenvalue weighted by Crippen LogP contribution is -2.18. The van der Waals surface area contributed by atoms with E-state index >= 15 is 0 Å². The monoisotopic (exact) mass is 424 g/mol. The molecule has 0 radical (unpaired) electrons. The summed E-state index contributed by atoms with van der Waals surface area (Å²) in [6.07, 6.45) is 0. The summed E-state index contributed by atoms with van der Waals surface area (Å²) in [5.74, 6) is 0.626. The van der Waals surface area contributed by atoms with Crippen molar-refractivity contribution in [3.05, 3.63) is 103 Å². The SMILES string of the molecule is COc1ccc(-c2cccc(-c3ccc(NC(=O)COCc4ccccc4)cc3)n2)cc1. The second-order valence-corrected chi connectivity index (χ2v) is 7.24. The van der Waals surface area contributed by atoms with Crippen LogP contribution < -0.4 is 10.1 Å². The molecule has 4 aromatic rings. The molecule has 0 saturated heterocycles. The number of ether oxygens (including phenoxy) is 2. The second kappa shape index (κ2) is 10.4. The number of carbonyl (C=O) groups is 1. The van der Waals surface area contributed by atoms with Crippen LogP contribution in [0.2, 0.25) is 0 Å². The first-order valence-corrected chi connectivity index (χ1v) is 10.3.